The van der Waals surface area contributed by atoms with Crippen molar-refractivity contribution in [2.45, 2.75) is 32.6 Å². The highest BCUT2D eigenvalue weighted by molar-refractivity contribution is 6.12. The highest BCUT2D eigenvalue weighted by Crippen LogP contribution is 2.32. The van der Waals surface area contributed by atoms with Gasteiger partial charge in [0.05, 0.1) is 11.9 Å². The molecule has 0 fully saturated rings. The number of aromatic nitrogens is 3. The molecule has 25 heavy (non-hydrogen) atoms. The first-order valence-corrected chi connectivity index (χ1v) is 8.77. The summed E-state index contributed by atoms with van der Waals surface area (Å²) in [5.74, 6) is 0.495. The maximum absolute atomic E-state index is 13.3. The lowest BCUT2D eigenvalue weighted by Crippen LogP contribution is -2.35. The van der Waals surface area contributed by atoms with Crippen LogP contribution in [0.4, 0.5) is 5.69 Å². The first-order chi connectivity index (χ1) is 12.1. The Morgan fingerprint density at radius 2 is 2.04 bits per heavy atom. The summed E-state index contributed by atoms with van der Waals surface area (Å²) in [4.78, 5) is 23.9. The fourth-order valence-corrected chi connectivity index (χ4v) is 3.53. The van der Waals surface area contributed by atoms with Gasteiger partial charge in [-0.15, -0.1) is 0 Å². The molecule has 2 aromatic heterocycles. The van der Waals surface area contributed by atoms with Crippen LogP contribution in [0.15, 0.2) is 36.8 Å². The van der Waals surface area contributed by atoms with Crippen LogP contribution in [-0.2, 0) is 13.5 Å². The molecular formula is C20H22N4O. The van der Waals surface area contributed by atoms with E-state index in [1.54, 1.807) is 18.6 Å². The lowest BCUT2D eigenvalue weighted by atomic mass is 9.94. The summed E-state index contributed by atoms with van der Waals surface area (Å²) in [6.07, 6.45) is 5.39. The standard InChI is InChI=1S/C20H22N4O/c1-13(2)14-6-7-17-15(11-14)5-4-10-24(17)20(25)16-8-9-21-19-18(16)22-12-23(19)3/h6-9,11-13H,4-5,10H2,1-3H3. The Hall–Kier alpha value is -2.69. The van der Waals surface area contributed by atoms with Gasteiger partial charge >= 0.3 is 0 Å². The van der Waals surface area contributed by atoms with Gasteiger partial charge in [0.25, 0.3) is 5.91 Å². The van der Waals surface area contributed by atoms with Gasteiger partial charge in [0, 0.05) is 25.5 Å². The monoisotopic (exact) mass is 334 g/mol. The first-order valence-electron chi connectivity index (χ1n) is 8.77. The minimum atomic E-state index is 0.00402. The van der Waals surface area contributed by atoms with Gasteiger partial charge in [-0.3, -0.25) is 4.79 Å². The molecular weight excluding hydrogens is 312 g/mol. The Labute approximate surface area is 147 Å². The van der Waals surface area contributed by atoms with Crippen LogP contribution in [0.5, 0.6) is 0 Å². The number of aryl methyl sites for hydroxylation is 2. The smallest absolute Gasteiger partial charge is 0.260 e. The van der Waals surface area contributed by atoms with Gasteiger partial charge in [0.2, 0.25) is 0 Å². The molecule has 0 aliphatic carbocycles. The van der Waals surface area contributed by atoms with E-state index >= 15 is 0 Å². The van der Waals surface area contributed by atoms with Gasteiger partial charge in [-0.25, -0.2) is 9.97 Å². The molecule has 0 unspecified atom stereocenters. The zero-order chi connectivity index (χ0) is 17.6. The number of carbonyl (C=O) groups excluding carboxylic acids is 1. The Balaban J connectivity index is 1.77. The molecule has 1 aliphatic heterocycles. The molecule has 4 rings (SSSR count). The quantitative estimate of drug-likeness (QED) is 0.718. The second-order valence-corrected chi connectivity index (χ2v) is 6.99. The number of carbonyl (C=O) groups is 1. The maximum Gasteiger partial charge on any atom is 0.260 e. The molecule has 1 aromatic carbocycles. The molecule has 0 saturated heterocycles. The third-order valence-electron chi connectivity index (χ3n) is 4.96. The third-order valence-corrected chi connectivity index (χ3v) is 4.96. The molecule has 0 bridgehead atoms. The van der Waals surface area contributed by atoms with Crippen molar-refractivity contribution < 1.29 is 4.79 Å². The van der Waals surface area contributed by atoms with E-state index in [0.29, 0.717) is 17.0 Å². The summed E-state index contributed by atoms with van der Waals surface area (Å²) in [7, 11) is 1.89. The highest BCUT2D eigenvalue weighted by atomic mass is 16.2. The molecule has 128 valence electrons. The highest BCUT2D eigenvalue weighted by Gasteiger charge is 2.26. The minimum Gasteiger partial charge on any atom is -0.318 e. The van der Waals surface area contributed by atoms with Crippen LogP contribution in [0, 0.1) is 0 Å². The SMILES string of the molecule is CC(C)c1ccc2c(c1)CCCN2C(=O)c1ccnc2c1ncn2C. The summed E-state index contributed by atoms with van der Waals surface area (Å²) in [6.45, 7) is 5.13. The maximum atomic E-state index is 13.3. The van der Waals surface area contributed by atoms with Gasteiger partial charge in [0.15, 0.2) is 5.65 Å². The second kappa shape index (κ2) is 5.99. The third kappa shape index (κ3) is 2.60. The van der Waals surface area contributed by atoms with E-state index in [4.69, 9.17) is 0 Å². The van der Waals surface area contributed by atoms with Crippen molar-refractivity contribution in [1.29, 1.82) is 0 Å². The molecule has 0 spiro atoms. The van der Waals surface area contributed by atoms with Crippen molar-refractivity contribution in [2.75, 3.05) is 11.4 Å². The normalized spacial score (nSPS) is 14.2. The molecule has 5 heteroatoms. The number of amides is 1. The Morgan fingerprint density at radius 1 is 1.20 bits per heavy atom. The van der Waals surface area contributed by atoms with Crippen molar-refractivity contribution >= 4 is 22.8 Å². The van der Waals surface area contributed by atoms with Crippen LogP contribution < -0.4 is 4.90 Å². The summed E-state index contributed by atoms with van der Waals surface area (Å²) in [5, 5.41) is 0. The Bertz CT molecular complexity index is 957. The predicted octanol–water partition coefficient (Wildman–Crippen LogP) is 3.68. The number of fused-ring (bicyclic) bond motifs is 2. The lowest BCUT2D eigenvalue weighted by molar-refractivity contribution is 0.0986. The van der Waals surface area contributed by atoms with Gasteiger partial charge in [-0.2, -0.15) is 0 Å². The fourth-order valence-electron chi connectivity index (χ4n) is 3.53. The minimum absolute atomic E-state index is 0.00402. The van der Waals surface area contributed by atoms with Crippen LogP contribution in [0.2, 0.25) is 0 Å². The number of hydrogen-bond acceptors (Lipinski definition) is 3. The molecule has 3 aromatic rings. The average molecular weight is 334 g/mol. The molecule has 0 saturated carbocycles. The van der Waals surface area contributed by atoms with Crippen molar-refractivity contribution in [3.63, 3.8) is 0 Å². The lowest BCUT2D eigenvalue weighted by Gasteiger charge is -2.30. The van der Waals surface area contributed by atoms with Crippen molar-refractivity contribution in [3.05, 3.63) is 53.5 Å². The van der Waals surface area contributed by atoms with E-state index in [1.807, 2.05) is 16.5 Å². The summed E-state index contributed by atoms with van der Waals surface area (Å²) < 4.78 is 1.84. The van der Waals surface area contributed by atoms with Crippen LogP contribution in [0.1, 0.15) is 47.7 Å². The molecule has 0 atom stereocenters. The Morgan fingerprint density at radius 3 is 2.84 bits per heavy atom. The molecule has 5 nitrogen and oxygen atoms in total. The van der Waals surface area contributed by atoms with E-state index in [1.165, 1.54) is 11.1 Å². The van der Waals surface area contributed by atoms with Gasteiger partial charge < -0.3 is 9.47 Å². The number of benzene rings is 1. The molecule has 1 amide bonds. The Kier molecular flexibility index (Phi) is 3.79. The molecule has 1 aliphatic rings. The fraction of sp³-hybridized carbons (Fsp3) is 0.350. The van der Waals surface area contributed by atoms with Crippen LogP contribution in [0.3, 0.4) is 0 Å². The van der Waals surface area contributed by atoms with Gasteiger partial charge in [-0.1, -0.05) is 26.0 Å². The summed E-state index contributed by atoms with van der Waals surface area (Å²) >= 11 is 0. The zero-order valence-corrected chi connectivity index (χ0v) is 14.9. The van der Waals surface area contributed by atoms with Crippen LogP contribution in [0.25, 0.3) is 11.2 Å². The van der Waals surface area contributed by atoms with E-state index in [0.717, 1.165) is 30.7 Å². The van der Waals surface area contributed by atoms with E-state index in [2.05, 4.69) is 42.0 Å². The largest absolute Gasteiger partial charge is 0.318 e. The first kappa shape index (κ1) is 15.8. The van der Waals surface area contributed by atoms with Gasteiger partial charge in [0.1, 0.15) is 5.52 Å². The average Bonchev–Trinajstić information content (AvgIpc) is 3.01. The number of hydrogen-bond donors (Lipinski definition) is 0. The van der Waals surface area contributed by atoms with Crippen LogP contribution >= 0.6 is 0 Å². The number of pyridine rings is 1. The molecule has 0 radical (unpaired) electrons. The molecule has 3 heterocycles. The van der Waals surface area contributed by atoms with E-state index in [9.17, 15) is 4.79 Å². The second-order valence-electron chi connectivity index (χ2n) is 6.99. The number of nitrogens with zero attached hydrogens (tertiary/aromatic N) is 4. The van der Waals surface area contributed by atoms with Crippen molar-refractivity contribution in [1.82, 2.24) is 14.5 Å². The predicted molar refractivity (Wildman–Crippen MR) is 99.0 cm³/mol. The summed E-state index contributed by atoms with van der Waals surface area (Å²) in [6, 6.07) is 8.26. The van der Waals surface area contributed by atoms with E-state index in [-0.39, 0.29) is 5.91 Å². The van der Waals surface area contributed by atoms with Gasteiger partial charge in [-0.05, 0) is 42.0 Å². The topological polar surface area (TPSA) is 51.0 Å². The zero-order valence-electron chi connectivity index (χ0n) is 14.9. The van der Waals surface area contributed by atoms with Crippen LogP contribution in [-0.4, -0.2) is 27.0 Å². The number of anilines is 1. The number of imidazole rings is 1. The van der Waals surface area contributed by atoms with E-state index < -0.39 is 0 Å². The molecule has 0 N–H and O–H groups in total. The van der Waals surface area contributed by atoms with Crippen molar-refractivity contribution in [3.8, 4) is 0 Å². The number of rotatable bonds is 2. The van der Waals surface area contributed by atoms with Crippen molar-refractivity contribution in [2.24, 2.45) is 7.05 Å². The summed E-state index contributed by atoms with van der Waals surface area (Å²) in [5.41, 5.74) is 5.63.